The molecule has 0 unspecified atom stereocenters. The Labute approximate surface area is 152 Å². The van der Waals surface area contributed by atoms with Gasteiger partial charge in [-0.1, -0.05) is 18.2 Å². The van der Waals surface area contributed by atoms with Crippen molar-refractivity contribution in [1.82, 2.24) is 19.5 Å². The van der Waals surface area contributed by atoms with E-state index in [4.69, 9.17) is 4.74 Å². The van der Waals surface area contributed by atoms with Gasteiger partial charge in [0.15, 0.2) is 23.2 Å². The molecular weight excluding hydrogens is 358 g/mol. The molecule has 1 aliphatic heterocycles. The number of fused-ring (bicyclic) bond motifs is 1. The van der Waals surface area contributed by atoms with E-state index in [0.717, 1.165) is 4.90 Å². The molecule has 1 aromatic carbocycles. The maximum absolute atomic E-state index is 10.2. The standard InChI is InChI=1S/C16H17N5O4S/c22-6-10-12(23)13(24)16(25-10)21-8-19-11-14(17-7-18-15(11)21)20-26-9-4-2-1-3-5-9/h1-5,7-8,10,12-13,16,22-24H,6H2,(H,17,18,20)/t10-,12-,13-,16-/m1/s1. The molecule has 0 bridgehead atoms. The highest BCUT2D eigenvalue weighted by Gasteiger charge is 2.44. The van der Waals surface area contributed by atoms with Gasteiger partial charge in [0.25, 0.3) is 0 Å². The van der Waals surface area contributed by atoms with Gasteiger partial charge in [0, 0.05) is 4.90 Å². The van der Waals surface area contributed by atoms with Crippen LogP contribution < -0.4 is 4.72 Å². The zero-order valence-electron chi connectivity index (χ0n) is 13.5. The fourth-order valence-corrected chi connectivity index (χ4v) is 3.48. The summed E-state index contributed by atoms with van der Waals surface area (Å²) in [4.78, 5) is 13.8. The molecule has 1 aliphatic rings. The highest BCUT2D eigenvalue weighted by molar-refractivity contribution is 8.00. The predicted molar refractivity (Wildman–Crippen MR) is 94.3 cm³/mol. The Balaban J connectivity index is 1.61. The van der Waals surface area contributed by atoms with Crippen LogP contribution in [0, 0.1) is 0 Å². The molecule has 0 amide bonds. The summed E-state index contributed by atoms with van der Waals surface area (Å²) in [6.07, 6.45) is -1.28. The van der Waals surface area contributed by atoms with Crippen LogP contribution in [0.25, 0.3) is 11.2 Å². The van der Waals surface area contributed by atoms with E-state index >= 15 is 0 Å². The monoisotopic (exact) mass is 375 g/mol. The molecule has 1 fully saturated rings. The topological polar surface area (TPSA) is 126 Å². The summed E-state index contributed by atoms with van der Waals surface area (Å²) in [6, 6.07) is 9.75. The SMILES string of the molecule is OC[C@H]1O[C@@H](n2cnc3c(NSc4ccccc4)ncnc32)[C@H](O)[C@@H]1O. The summed E-state index contributed by atoms with van der Waals surface area (Å²) in [5.74, 6) is 0.523. The van der Waals surface area contributed by atoms with Gasteiger partial charge in [0.05, 0.1) is 12.9 Å². The van der Waals surface area contributed by atoms with Gasteiger partial charge in [0.1, 0.15) is 24.6 Å². The second kappa shape index (κ2) is 7.17. The van der Waals surface area contributed by atoms with Gasteiger partial charge in [-0.3, -0.25) is 4.57 Å². The van der Waals surface area contributed by atoms with E-state index in [9.17, 15) is 15.3 Å². The maximum atomic E-state index is 10.2. The van der Waals surface area contributed by atoms with Gasteiger partial charge < -0.3 is 24.8 Å². The Hall–Kier alpha value is -2.24. The molecule has 26 heavy (non-hydrogen) atoms. The van der Waals surface area contributed by atoms with E-state index in [-0.39, 0.29) is 0 Å². The number of aromatic nitrogens is 4. The van der Waals surface area contributed by atoms with Gasteiger partial charge in [-0.15, -0.1) is 0 Å². The van der Waals surface area contributed by atoms with Crippen molar-refractivity contribution in [2.75, 3.05) is 11.3 Å². The smallest absolute Gasteiger partial charge is 0.167 e. The van der Waals surface area contributed by atoms with Crippen LogP contribution in [0.15, 0.2) is 47.9 Å². The van der Waals surface area contributed by atoms with Gasteiger partial charge in [-0.05, 0) is 24.1 Å². The average molecular weight is 375 g/mol. The molecule has 2 aromatic heterocycles. The molecule has 0 radical (unpaired) electrons. The molecule has 1 saturated heterocycles. The number of anilines is 1. The van der Waals surface area contributed by atoms with E-state index in [0.29, 0.717) is 17.0 Å². The second-order valence-corrected chi connectivity index (χ2v) is 6.67. The largest absolute Gasteiger partial charge is 0.394 e. The van der Waals surface area contributed by atoms with Gasteiger partial charge in [-0.25, -0.2) is 15.0 Å². The van der Waals surface area contributed by atoms with E-state index in [1.807, 2.05) is 30.3 Å². The Morgan fingerprint density at radius 2 is 1.92 bits per heavy atom. The van der Waals surface area contributed by atoms with Crippen molar-refractivity contribution < 1.29 is 20.1 Å². The van der Waals surface area contributed by atoms with Crippen molar-refractivity contribution in [2.45, 2.75) is 29.4 Å². The van der Waals surface area contributed by atoms with Crippen LogP contribution in [0.5, 0.6) is 0 Å². The molecule has 3 heterocycles. The molecule has 4 atom stereocenters. The first kappa shape index (κ1) is 17.2. The van der Waals surface area contributed by atoms with E-state index in [1.54, 1.807) is 0 Å². The number of aliphatic hydroxyl groups is 3. The summed E-state index contributed by atoms with van der Waals surface area (Å²) < 4.78 is 10.2. The van der Waals surface area contributed by atoms with E-state index < -0.39 is 31.1 Å². The molecule has 136 valence electrons. The number of nitrogens with zero attached hydrogens (tertiary/aromatic N) is 4. The second-order valence-electron chi connectivity index (χ2n) is 5.79. The first-order valence-electron chi connectivity index (χ1n) is 7.97. The molecular formula is C16H17N5O4S. The lowest BCUT2D eigenvalue weighted by Crippen LogP contribution is -2.33. The lowest BCUT2D eigenvalue weighted by molar-refractivity contribution is -0.0511. The zero-order valence-corrected chi connectivity index (χ0v) is 14.3. The van der Waals surface area contributed by atoms with Crippen molar-refractivity contribution in [3.63, 3.8) is 0 Å². The van der Waals surface area contributed by atoms with Crippen molar-refractivity contribution in [1.29, 1.82) is 0 Å². The molecule has 4 rings (SSSR count). The number of benzene rings is 1. The molecule has 0 spiro atoms. The number of hydrogen-bond donors (Lipinski definition) is 4. The summed E-state index contributed by atoms with van der Waals surface area (Å²) in [7, 11) is 0. The maximum Gasteiger partial charge on any atom is 0.167 e. The minimum atomic E-state index is -1.20. The van der Waals surface area contributed by atoms with Crippen molar-refractivity contribution in [2.24, 2.45) is 0 Å². The number of ether oxygens (including phenoxy) is 1. The van der Waals surface area contributed by atoms with Crippen molar-refractivity contribution in [3.05, 3.63) is 43.0 Å². The van der Waals surface area contributed by atoms with Crippen LogP contribution in [0.4, 0.5) is 5.82 Å². The van der Waals surface area contributed by atoms with Gasteiger partial charge in [0.2, 0.25) is 0 Å². The Kier molecular flexibility index (Phi) is 4.74. The number of hydrogen-bond acceptors (Lipinski definition) is 9. The Morgan fingerprint density at radius 1 is 1.12 bits per heavy atom. The number of aliphatic hydroxyl groups excluding tert-OH is 3. The fraction of sp³-hybridized carbons (Fsp3) is 0.312. The van der Waals surface area contributed by atoms with Crippen LogP contribution in [0.2, 0.25) is 0 Å². The number of rotatable bonds is 5. The summed E-state index contributed by atoms with van der Waals surface area (Å²) in [5, 5.41) is 29.4. The summed E-state index contributed by atoms with van der Waals surface area (Å²) in [6.45, 7) is -0.392. The summed E-state index contributed by atoms with van der Waals surface area (Å²) >= 11 is 1.39. The third-order valence-corrected chi connectivity index (χ3v) is 4.96. The van der Waals surface area contributed by atoms with Crippen molar-refractivity contribution >= 4 is 28.9 Å². The van der Waals surface area contributed by atoms with Crippen LogP contribution in [0.1, 0.15) is 6.23 Å². The van der Waals surface area contributed by atoms with E-state index in [2.05, 4.69) is 19.7 Å². The Morgan fingerprint density at radius 3 is 2.65 bits per heavy atom. The lowest BCUT2D eigenvalue weighted by Gasteiger charge is -2.16. The van der Waals surface area contributed by atoms with Gasteiger partial charge >= 0.3 is 0 Å². The predicted octanol–water partition coefficient (Wildman–Crippen LogP) is 0.557. The van der Waals surface area contributed by atoms with Gasteiger partial charge in [-0.2, -0.15) is 0 Å². The van der Waals surface area contributed by atoms with Crippen LogP contribution in [-0.2, 0) is 4.74 Å². The molecule has 10 heteroatoms. The minimum Gasteiger partial charge on any atom is -0.394 e. The first-order chi connectivity index (χ1) is 12.7. The number of imidazole rings is 1. The lowest BCUT2D eigenvalue weighted by atomic mass is 10.1. The number of nitrogens with one attached hydrogen (secondary N) is 1. The molecule has 3 aromatic rings. The van der Waals surface area contributed by atoms with Crippen LogP contribution >= 0.6 is 11.9 Å². The quantitative estimate of drug-likeness (QED) is 0.473. The Bertz CT molecular complexity index is 893. The van der Waals surface area contributed by atoms with Crippen LogP contribution in [0.3, 0.4) is 0 Å². The molecule has 9 nitrogen and oxygen atoms in total. The minimum absolute atomic E-state index is 0.392. The van der Waals surface area contributed by atoms with Crippen molar-refractivity contribution in [3.8, 4) is 0 Å². The summed E-state index contributed by atoms with van der Waals surface area (Å²) in [5.41, 5.74) is 0.958. The molecule has 4 N–H and O–H groups in total. The third-order valence-electron chi connectivity index (χ3n) is 4.16. The average Bonchev–Trinajstić information content (AvgIpc) is 3.23. The normalized spacial score (nSPS) is 25.7. The highest BCUT2D eigenvalue weighted by atomic mass is 32.2. The first-order valence-corrected chi connectivity index (χ1v) is 8.78. The van der Waals surface area contributed by atoms with Crippen LogP contribution in [-0.4, -0.2) is 59.8 Å². The zero-order chi connectivity index (χ0) is 18.1. The van der Waals surface area contributed by atoms with E-state index in [1.165, 1.54) is 29.2 Å². The fourth-order valence-electron chi connectivity index (χ4n) is 2.82. The molecule has 0 aliphatic carbocycles. The third kappa shape index (κ3) is 3.02. The highest BCUT2D eigenvalue weighted by Crippen LogP contribution is 2.32. The molecule has 0 saturated carbocycles.